The van der Waals surface area contributed by atoms with Crippen LogP contribution in [-0.4, -0.2) is 33.5 Å². The van der Waals surface area contributed by atoms with E-state index in [0.29, 0.717) is 5.75 Å². The summed E-state index contributed by atoms with van der Waals surface area (Å²) in [5.41, 5.74) is 2.73. The highest BCUT2D eigenvalue weighted by Gasteiger charge is 2.10. The summed E-state index contributed by atoms with van der Waals surface area (Å²) in [5.74, 6) is 0.396. The van der Waals surface area contributed by atoms with Crippen molar-refractivity contribution in [1.82, 2.24) is 14.8 Å². The first-order valence-electron chi connectivity index (χ1n) is 8.24. The van der Waals surface area contributed by atoms with Crippen LogP contribution in [0.15, 0.2) is 60.0 Å². The average Bonchev–Trinajstić information content (AvgIpc) is 3.21. The molecule has 7 heteroatoms. The second-order valence-electron chi connectivity index (χ2n) is 5.59. The second-order valence-corrected chi connectivity index (χ2v) is 6.47. The molecule has 1 amide bonds. The lowest BCUT2D eigenvalue weighted by molar-refractivity contribution is -0.118. The van der Waals surface area contributed by atoms with Crippen LogP contribution in [0.5, 0.6) is 5.75 Å². The zero-order valence-corrected chi connectivity index (χ0v) is 15.5. The normalized spacial score (nSPS) is 10.5. The van der Waals surface area contributed by atoms with Crippen LogP contribution in [0.3, 0.4) is 0 Å². The van der Waals surface area contributed by atoms with E-state index < -0.39 is 0 Å². The Hall–Kier alpha value is -2.80. The molecular weight excluding hydrogens is 348 g/mol. The number of amides is 1. The van der Waals surface area contributed by atoms with Gasteiger partial charge in [0.2, 0.25) is 0 Å². The van der Waals surface area contributed by atoms with Gasteiger partial charge in [-0.15, -0.1) is 22.0 Å². The fourth-order valence-electron chi connectivity index (χ4n) is 2.47. The standard InChI is InChI=1S/C19H20N4O2S/c1-3-14-7-8-18(17(9-14)23-12-20-21-13-23)25-11-19(24)22-15-5-4-6-16(10-15)26-2/h4-10,12-13H,3,11H2,1-2H3,(H,22,24). The highest BCUT2D eigenvalue weighted by molar-refractivity contribution is 7.98. The lowest BCUT2D eigenvalue weighted by Crippen LogP contribution is -2.20. The fraction of sp³-hybridized carbons (Fsp3) is 0.211. The van der Waals surface area contributed by atoms with E-state index in [9.17, 15) is 4.79 Å². The number of nitrogens with zero attached hydrogens (tertiary/aromatic N) is 3. The number of ether oxygens (including phenoxy) is 1. The van der Waals surface area contributed by atoms with Crippen molar-refractivity contribution in [3.05, 3.63) is 60.7 Å². The minimum atomic E-state index is -0.211. The molecule has 0 saturated carbocycles. The SMILES string of the molecule is CCc1ccc(OCC(=O)Nc2cccc(SC)c2)c(-n2cnnc2)c1. The van der Waals surface area contributed by atoms with Crippen molar-refractivity contribution in [1.29, 1.82) is 0 Å². The zero-order valence-electron chi connectivity index (χ0n) is 14.7. The van der Waals surface area contributed by atoms with Crippen LogP contribution < -0.4 is 10.1 Å². The van der Waals surface area contributed by atoms with Gasteiger partial charge in [-0.05, 0) is 48.6 Å². The first-order valence-corrected chi connectivity index (χ1v) is 9.46. The number of benzene rings is 2. The highest BCUT2D eigenvalue weighted by Crippen LogP contribution is 2.24. The molecule has 1 N–H and O–H groups in total. The molecule has 0 saturated heterocycles. The Morgan fingerprint density at radius 1 is 1.19 bits per heavy atom. The highest BCUT2D eigenvalue weighted by atomic mass is 32.2. The zero-order chi connectivity index (χ0) is 18.4. The van der Waals surface area contributed by atoms with Crippen molar-refractivity contribution in [2.24, 2.45) is 0 Å². The third-order valence-electron chi connectivity index (χ3n) is 3.84. The van der Waals surface area contributed by atoms with Crippen LogP contribution in [0.1, 0.15) is 12.5 Å². The summed E-state index contributed by atoms with van der Waals surface area (Å²) in [6, 6.07) is 13.6. The van der Waals surface area contributed by atoms with Crippen molar-refractivity contribution >= 4 is 23.4 Å². The number of rotatable bonds is 7. The molecule has 26 heavy (non-hydrogen) atoms. The van der Waals surface area contributed by atoms with Crippen molar-refractivity contribution in [3.63, 3.8) is 0 Å². The smallest absolute Gasteiger partial charge is 0.262 e. The lowest BCUT2D eigenvalue weighted by atomic mass is 10.1. The van der Waals surface area contributed by atoms with Gasteiger partial charge in [0.15, 0.2) is 6.61 Å². The summed E-state index contributed by atoms with van der Waals surface area (Å²) in [5, 5.41) is 10.5. The fourth-order valence-corrected chi connectivity index (χ4v) is 2.93. The van der Waals surface area contributed by atoms with E-state index >= 15 is 0 Å². The molecule has 3 rings (SSSR count). The van der Waals surface area contributed by atoms with Gasteiger partial charge in [0.05, 0.1) is 5.69 Å². The number of thioether (sulfide) groups is 1. The number of nitrogens with one attached hydrogen (secondary N) is 1. The van der Waals surface area contributed by atoms with Crippen molar-refractivity contribution in [3.8, 4) is 11.4 Å². The van der Waals surface area contributed by atoms with Gasteiger partial charge in [-0.3, -0.25) is 9.36 Å². The number of hydrogen-bond donors (Lipinski definition) is 1. The number of aromatic nitrogens is 3. The van der Waals surface area contributed by atoms with Gasteiger partial charge in [0.25, 0.3) is 5.91 Å². The summed E-state index contributed by atoms with van der Waals surface area (Å²) in [6.07, 6.45) is 6.11. The summed E-state index contributed by atoms with van der Waals surface area (Å²) in [6.45, 7) is 2.01. The third-order valence-corrected chi connectivity index (χ3v) is 4.57. The maximum absolute atomic E-state index is 12.2. The Bertz CT molecular complexity index is 881. The van der Waals surface area contributed by atoms with E-state index in [1.165, 1.54) is 5.56 Å². The quantitative estimate of drug-likeness (QED) is 0.646. The van der Waals surface area contributed by atoms with Crippen LogP contribution in [0, 0.1) is 0 Å². The second kappa shape index (κ2) is 8.53. The minimum absolute atomic E-state index is 0.0793. The van der Waals surface area contributed by atoms with Gasteiger partial charge >= 0.3 is 0 Å². The summed E-state index contributed by atoms with van der Waals surface area (Å²) in [7, 11) is 0. The molecule has 1 aromatic heterocycles. The van der Waals surface area contributed by atoms with Gasteiger partial charge in [-0.2, -0.15) is 0 Å². The van der Waals surface area contributed by atoms with Crippen molar-refractivity contribution < 1.29 is 9.53 Å². The summed E-state index contributed by atoms with van der Waals surface area (Å²) in [4.78, 5) is 13.3. The molecule has 1 heterocycles. The van der Waals surface area contributed by atoms with Gasteiger partial charge in [-0.25, -0.2) is 0 Å². The summed E-state index contributed by atoms with van der Waals surface area (Å²) < 4.78 is 7.53. The Morgan fingerprint density at radius 3 is 2.73 bits per heavy atom. The van der Waals surface area contributed by atoms with Gasteiger partial charge < -0.3 is 10.1 Å². The number of aryl methyl sites for hydroxylation is 1. The molecule has 3 aromatic rings. The van der Waals surface area contributed by atoms with E-state index in [-0.39, 0.29) is 12.5 Å². The van der Waals surface area contributed by atoms with Crippen LogP contribution in [0.4, 0.5) is 5.69 Å². The molecule has 134 valence electrons. The average molecular weight is 368 g/mol. The molecule has 0 spiro atoms. The number of hydrogen-bond acceptors (Lipinski definition) is 5. The lowest BCUT2D eigenvalue weighted by Gasteiger charge is -2.13. The molecule has 0 aliphatic carbocycles. The Balaban J connectivity index is 1.70. The van der Waals surface area contributed by atoms with Crippen LogP contribution in [0.2, 0.25) is 0 Å². The van der Waals surface area contributed by atoms with E-state index in [2.05, 4.69) is 22.4 Å². The molecule has 0 aliphatic rings. The van der Waals surface area contributed by atoms with E-state index in [0.717, 1.165) is 22.7 Å². The Morgan fingerprint density at radius 2 is 2.00 bits per heavy atom. The maximum Gasteiger partial charge on any atom is 0.262 e. The van der Waals surface area contributed by atoms with Crippen molar-refractivity contribution in [2.45, 2.75) is 18.2 Å². The van der Waals surface area contributed by atoms with Gasteiger partial charge in [0, 0.05) is 10.6 Å². The molecule has 0 unspecified atom stereocenters. The summed E-state index contributed by atoms with van der Waals surface area (Å²) >= 11 is 1.63. The molecule has 0 radical (unpaired) electrons. The minimum Gasteiger partial charge on any atom is -0.482 e. The van der Waals surface area contributed by atoms with Crippen LogP contribution in [-0.2, 0) is 11.2 Å². The third kappa shape index (κ3) is 4.43. The molecule has 0 bridgehead atoms. The molecular formula is C19H20N4O2S. The number of anilines is 1. The van der Waals surface area contributed by atoms with Gasteiger partial charge in [-0.1, -0.05) is 19.1 Å². The largest absolute Gasteiger partial charge is 0.482 e. The van der Waals surface area contributed by atoms with E-state index in [1.54, 1.807) is 29.0 Å². The molecule has 0 aliphatic heterocycles. The predicted octanol–water partition coefficient (Wildman–Crippen LogP) is 3.57. The number of carbonyl (C=O) groups is 1. The first-order chi connectivity index (χ1) is 12.7. The van der Waals surface area contributed by atoms with E-state index in [4.69, 9.17) is 4.74 Å². The van der Waals surface area contributed by atoms with Crippen LogP contribution in [0.25, 0.3) is 5.69 Å². The molecule has 6 nitrogen and oxygen atoms in total. The van der Waals surface area contributed by atoms with Gasteiger partial charge in [0.1, 0.15) is 18.4 Å². The van der Waals surface area contributed by atoms with Crippen molar-refractivity contribution in [2.75, 3.05) is 18.2 Å². The Kier molecular flexibility index (Phi) is 5.91. The first kappa shape index (κ1) is 18.0. The monoisotopic (exact) mass is 368 g/mol. The molecule has 2 aromatic carbocycles. The number of carbonyl (C=O) groups excluding carboxylic acids is 1. The topological polar surface area (TPSA) is 69.0 Å². The molecule has 0 fully saturated rings. The predicted molar refractivity (Wildman–Crippen MR) is 103 cm³/mol. The maximum atomic E-state index is 12.2. The van der Waals surface area contributed by atoms with Crippen LogP contribution >= 0.6 is 11.8 Å². The van der Waals surface area contributed by atoms with E-state index in [1.807, 2.05) is 48.7 Å². The Labute approximate surface area is 156 Å². The molecule has 0 atom stereocenters.